The maximum atomic E-state index is 5.17. The van der Waals surface area contributed by atoms with Crippen LogP contribution in [-0.2, 0) is 0 Å². The normalized spacial score (nSPS) is 11.7. The van der Waals surface area contributed by atoms with Crippen molar-refractivity contribution >= 4 is 43.5 Å². The van der Waals surface area contributed by atoms with Gasteiger partial charge in [0.25, 0.3) is 0 Å². The summed E-state index contributed by atoms with van der Waals surface area (Å²) >= 11 is 0. The molecule has 0 fully saturated rings. The molecule has 5 aromatic carbocycles. The van der Waals surface area contributed by atoms with Crippen molar-refractivity contribution in [3.8, 4) is 22.8 Å². The monoisotopic (exact) mass is 485 g/mol. The lowest BCUT2D eigenvalue weighted by atomic mass is 10.0. The Balaban J connectivity index is 1.48. The minimum absolute atomic E-state index is 0.920. The fraction of sp³-hybridized carbons (Fsp3) is 0. The number of nitrogens with zero attached hydrogens (tertiary/aromatic N) is 3. The first-order valence-electron chi connectivity index (χ1n) is 12.9. The van der Waals surface area contributed by atoms with Crippen molar-refractivity contribution in [3.05, 3.63) is 140 Å². The third-order valence-corrected chi connectivity index (χ3v) is 7.53. The molecule has 0 amide bonds. The molecule has 3 aromatic heterocycles. The fourth-order valence-corrected chi connectivity index (χ4v) is 5.78. The van der Waals surface area contributed by atoms with Crippen LogP contribution >= 0.6 is 0 Å². The van der Waals surface area contributed by atoms with Crippen LogP contribution in [0.15, 0.2) is 140 Å². The molecule has 8 aromatic rings. The minimum atomic E-state index is 0.920. The van der Waals surface area contributed by atoms with Gasteiger partial charge in [-0.3, -0.25) is 4.57 Å². The van der Waals surface area contributed by atoms with Gasteiger partial charge in [0.2, 0.25) is 0 Å². The Hall–Kier alpha value is -5.15. The van der Waals surface area contributed by atoms with E-state index < -0.39 is 0 Å². The summed E-state index contributed by atoms with van der Waals surface area (Å²) in [6.07, 6.45) is 2.16. The summed E-state index contributed by atoms with van der Waals surface area (Å²) in [7, 11) is 0. The summed E-state index contributed by atoms with van der Waals surface area (Å²) in [6.45, 7) is 0. The number of para-hydroxylation sites is 2. The molecule has 8 rings (SSSR count). The summed E-state index contributed by atoms with van der Waals surface area (Å²) in [6, 6.07) is 47.2. The van der Waals surface area contributed by atoms with E-state index in [1.807, 2.05) is 6.07 Å². The summed E-state index contributed by atoms with van der Waals surface area (Å²) < 4.78 is 4.61. The van der Waals surface area contributed by atoms with E-state index in [1.54, 1.807) is 0 Å². The van der Waals surface area contributed by atoms with Gasteiger partial charge in [0.15, 0.2) is 0 Å². The number of aromatic nitrogens is 3. The van der Waals surface area contributed by atoms with Gasteiger partial charge in [0.1, 0.15) is 5.82 Å². The van der Waals surface area contributed by atoms with Gasteiger partial charge in [-0.15, -0.1) is 0 Å². The molecule has 0 N–H and O–H groups in total. The van der Waals surface area contributed by atoms with Gasteiger partial charge < -0.3 is 4.57 Å². The van der Waals surface area contributed by atoms with Gasteiger partial charge in [-0.25, -0.2) is 4.98 Å². The minimum Gasteiger partial charge on any atom is -0.317 e. The Morgan fingerprint density at radius 3 is 2.16 bits per heavy atom. The number of rotatable bonds is 3. The number of benzene rings is 5. The first-order valence-corrected chi connectivity index (χ1v) is 12.9. The maximum absolute atomic E-state index is 5.17. The molecule has 3 heterocycles. The molecular weight excluding hydrogens is 462 g/mol. The molecule has 0 saturated heterocycles. The second kappa shape index (κ2) is 8.19. The van der Waals surface area contributed by atoms with Gasteiger partial charge in [-0.2, -0.15) is 0 Å². The Bertz CT molecular complexity index is 2120. The van der Waals surface area contributed by atoms with Crippen molar-refractivity contribution in [1.29, 1.82) is 0 Å². The first-order chi connectivity index (χ1) is 18.8. The predicted molar refractivity (Wildman–Crippen MR) is 158 cm³/mol. The lowest BCUT2D eigenvalue weighted by Gasteiger charge is -2.12. The number of hydrogen-bond donors (Lipinski definition) is 0. The van der Waals surface area contributed by atoms with Crippen LogP contribution in [0.5, 0.6) is 0 Å². The standard InChI is InChI=1S/C35H23N3/c1-3-10-24(11-4-1)31-15-9-17-34(36-31)38-32-16-8-7-14-28(32)29-19-18-25-22-26-20-21-37(27-12-5-2-6-13-27)33(26)23-30(25)35(29)38/h1-23H. The van der Waals surface area contributed by atoms with Crippen LogP contribution in [0, 0.1) is 0 Å². The fourth-order valence-electron chi connectivity index (χ4n) is 5.78. The van der Waals surface area contributed by atoms with E-state index in [4.69, 9.17) is 4.98 Å². The van der Waals surface area contributed by atoms with Crippen molar-refractivity contribution < 1.29 is 0 Å². The van der Waals surface area contributed by atoms with Crippen molar-refractivity contribution in [3.63, 3.8) is 0 Å². The average molecular weight is 486 g/mol. The van der Waals surface area contributed by atoms with Crippen molar-refractivity contribution in [2.45, 2.75) is 0 Å². The molecule has 0 saturated carbocycles. The van der Waals surface area contributed by atoms with Crippen LogP contribution in [0.2, 0.25) is 0 Å². The van der Waals surface area contributed by atoms with E-state index in [0.717, 1.165) is 28.3 Å². The van der Waals surface area contributed by atoms with Crippen LogP contribution in [0.4, 0.5) is 0 Å². The van der Waals surface area contributed by atoms with Gasteiger partial charge >= 0.3 is 0 Å². The molecule has 0 atom stereocenters. The zero-order valence-electron chi connectivity index (χ0n) is 20.6. The summed E-state index contributed by atoms with van der Waals surface area (Å²) in [5.74, 6) is 0.920. The van der Waals surface area contributed by atoms with Crippen LogP contribution in [0.25, 0.3) is 66.2 Å². The van der Waals surface area contributed by atoms with Crippen LogP contribution in [0.3, 0.4) is 0 Å². The van der Waals surface area contributed by atoms with Gasteiger partial charge in [0, 0.05) is 39.0 Å². The van der Waals surface area contributed by atoms with Gasteiger partial charge in [-0.05, 0) is 53.9 Å². The lowest BCUT2D eigenvalue weighted by molar-refractivity contribution is 1.09. The highest BCUT2D eigenvalue weighted by molar-refractivity contribution is 6.20. The van der Waals surface area contributed by atoms with Gasteiger partial charge in [0.05, 0.1) is 22.2 Å². The molecule has 0 spiro atoms. The van der Waals surface area contributed by atoms with E-state index >= 15 is 0 Å². The summed E-state index contributed by atoms with van der Waals surface area (Å²) in [4.78, 5) is 5.17. The molecule has 0 radical (unpaired) electrons. The van der Waals surface area contributed by atoms with E-state index in [0.29, 0.717) is 0 Å². The second-order valence-corrected chi connectivity index (χ2v) is 9.71. The predicted octanol–water partition coefficient (Wildman–Crippen LogP) is 8.94. The highest BCUT2D eigenvalue weighted by Gasteiger charge is 2.17. The van der Waals surface area contributed by atoms with E-state index in [1.165, 1.54) is 38.0 Å². The Kier molecular flexibility index (Phi) is 4.52. The van der Waals surface area contributed by atoms with Crippen molar-refractivity contribution in [1.82, 2.24) is 14.1 Å². The number of hydrogen-bond acceptors (Lipinski definition) is 1. The van der Waals surface area contributed by atoms with E-state index in [-0.39, 0.29) is 0 Å². The zero-order valence-corrected chi connectivity index (χ0v) is 20.6. The Labute approximate surface area is 219 Å². The smallest absolute Gasteiger partial charge is 0.138 e. The number of fused-ring (bicyclic) bond motifs is 6. The highest BCUT2D eigenvalue weighted by atomic mass is 15.1. The van der Waals surface area contributed by atoms with Crippen LogP contribution in [0.1, 0.15) is 0 Å². The van der Waals surface area contributed by atoms with Crippen LogP contribution < -0.4 is 0 Å². The molecule has 3 heteroatoms. The second-order valence-electron chi connectivity index (χ2n) is 9.71. The Morgan fingerprint density at radius 1 is 0.500 bits per heavy atom. The third-order valence-electron chi connectivity index (χ3n) is 7.53. The largest absolute Gasteiger partial charge is 0.317 e. The molecular formula is C35H23N3. The summed E-state index contributed by atoms with van der Waals surface area (Å²) in [5, 5.41) is 6.13. The molecule has 178 valence electrons. The van der Waals surface area contributed by atoms with Gasteiger partial charge in [-0.1, -0.05) is 84.9 Å². The summed E-state index contributed by atoms with van der Waals surface area (Å²) in [5.41, 5.74) is 6.78. The molecule has 0 aliphatic rings. The zero-order chi connectivity index (χ0) is 25.1. The average Bonchev–Trinajstić information content (AvgIpc) is 3.56. The maximum Gasteiger partial charge on any atom is 0.138 e. The van der Waals surface area contributed by atoms with Crippen LogP contribution in [-0.4, -0.2) is 14.1 Å². The van der Waals surface area contributed by atoms with E-state index in [2.05, 4.69) is 143 Å². The molecule has 0 aliphatic heterocycles. The molecule has 38 heavy (non-hydrogen) atoms. The third kappa shape index (κ3) is 3.12. The topological polar surface area (TPSA) is 22.8 Å². The molecule has 0 aliphatic carbocycles. The lowest BCUT2D eigenvalue weighted by Crippen LogP contribution is -1.99. The van der Waals surface area contributed by atoms with Crippen molar-refractivity contribution in [2.24, 2.45) is 0 Å². The Morgan fingerprint density at radius 2 is 1.29 bits per heavy atom. The molecule has 0 unspecified atom stereocenters. The SMILES string of the molecule is c1ccc(-c2cccc(-n3c4ccccc4c4ccc5cc6ccn(-c7ccccc7)c6cc5c43)n2)cc1. The van der Waals surface area contributed by atoms with E-state index in [9.17, 15) is 0 Å². The highest BCUT2D eigenvalue weighted by Crippen LogP contribution is 2.38. The van der Waals surface area contributed by atoms with Crippen molar-refractivity contribution in [2.75, 3.05) is 0 Å². The number of pyridine rings is 1. The first kappa shape index (κ1) is 21.0. The molecule has 0 bridgehead atoms. The quantitative estimate of drug-likeness (QED) is 0.245. The molecule has 3 nitrogen and oxygen atoms in total.